The number of aliphatic hydroxyl groups is 1. The van der Waals surface area contributed by atoms with Crippen LogP contribution in [0, 0.1) is 10.8 Å². The summed E-state index contributed by atoms with van der Waals surface area (Å²) in [6.07, 6.45) is 2.98. The molecule has 3 fully saturated rings. The molecule has 3 aromatic rings. The summed E-state index contributed by atoms with van der Waals surface area (Å²) < 4.78 is 18.5. The van der Waals surface area contributed by atoms with E-state index in [9.17, 15) is 14.7 Å². The number of amides is 1. The van der Waals surface area contributed by atoms with E-state index >= 15 is 0 Å². The molecule has 2 aliphatic heterocycles. The van der Waals surface area contributed by atoms with Crippen LogP contribution in [0.1, 0.15) is 94.9 Å². The molecule has 1 saturated carbocycles. The number of fused-ring (bicyclic) bond motifs is 2. The Morgan fingerprint density at radius 2 is 1.69 bits per heavy atom. The van der Waals surface area contributed by atoms with Gasteiger partial charge in [-0.15, -0.1) is 0 Å². The van der Waals surface area contributed by atoms with Crippen molar-refractivity contribution >= 4 is 11.9 Å². The predicted molar refractivity (Wildman–Crippen MR) is 184 cm³/mol. The van der Waals surface area contributed by atoms with E-state index in [0.29, 0.717) is 23.4 Å². The van der Waals surface area contributed by atoms with E-state index in [1.807, 2.05) is 30.3 Å². The normalized spacial score (nSPS) is 27.3. The van der Waals surface area contributed by atoms with E-state index in [1.165, 1.54) is 26.2 Å². The Balaban J connectivity index is 1.21. The molecular formula is C40H50N2O6. The summed E-state index contributed by atoms with van der Waals surface area (Å²) in [7, 11) is 0. The van der Waals surface area contributed by atoms with E-state index in [0.717, 1.165) is 52.9 Å². The zero-order valence-corrected chi connectivity index (χ0v) is 28.9. The molecule has 2 saturated heterocycles. The summed E-state index contributed by atoms with van der Waals surface area (Å²) in [5.74, 6) is -0.825. The van der Waals surface area contributed by atoms with Crippen LogP contribution in [0.2, 0.25) is 0 Å². The average molecular weight is 655 g/mol. The Kier molecular flexibility index (Phi) is 10.1. The highest BCUT2D eigenvalue weighted by Crippen LogP contribution is 2.53. The largest absolute Gasteiger partial charge is 0.453 e. The van der Waals surface area contributed by atoms with Gasteiger partial charge in [-0.2, -0.15) is 0 Å². The van der Waals surface area contributed by atoms with Gasteiger partial charge in [-0.1, -0.05) is 81.4 Å². The number of ether oxygens (including phenoxy) is 3. The van der Waals surface area contributed by atoms with Gasteiger partial charge in [0, 0.05) is 44.6 Å². The molecule has 0 radical (unpaired) electrons. The first-order chi connectivity index (χ1) is 22.9. The van der Waals surface area contributed by atoms with Gasteiger partial charge >= 0.3 is 5.97 Å². The molecule has 2 heterocycles. The second-order valence-electron chi connectivity index (χ2n) is 15.3. The Bertz CT molecular complexity index is 1610. The maximum atomic E-state index is 12.4. The average Bonchev–Trinajstić information content (AvgIpc) is 3.30. The summed E-state index contributed by atoms with van der Waals surface area (Å²) in [5, 5.41) is 12.5. The minimum Gasteiger partial charge on any atom is -0.453 e. The number of rotatable bonds is 10. The van der Waals surface area contributed by atoms with Crippen molar-refractivity contribution < 1.29 is 28.9 Å². The van der Waals surface area contributed by atoms with E-state index in [1.54, 1.807) is 6.92 Å². The van der Waals surface area contributed by atoms with Gasteiger partial charge in [-0.3, -0.25) is 14.5 Å². The highest BCUT2D eigenvalue weighted by atomic mass is 16.7. The van der Waals surface area contributed by atoms with E-state index < -0.39 is 18.4 Å². The zero-order chi connectivity index (χ0) is 34.1. The van der Waals surface area contributed by atoms with Crippen LogP contribution in [-0.2, 0) is 37.0 Å². The Morgan fingerprint density at radius 1 is 0.958 bits per heavy atom. The Hall–Kier alpha value is -3.56. The fraction of sp³-hybridized carbons (Fsp3) is 0.500. The van der Waals surface area contributed by atoms with E-state index in [4.69, 9.17) is 14.2 Å². The Labute approximate surface area is 284 Å². The number of nitrogens with zero attached hydrogens (tertiary/aromatic N) is 1. The van der Waals surface area contributed by atoms with Gasteiger partial charge in [-0.25, -0.2) is 0 Å². The second-order valence-corrected chi connectivity index (χ2v) is 15.3. The first kappa shape index (κ1) is 34.3. The lowest BCUT2D eigenvalue weighted by molar-refractivity contribution is -0.253. The highest BCUT2D eigenvalue weighted by Gasteiger charge is 2.50. The predicted octanol–water partition coefficient (Wildman–Crippen LogP) is 6.86. The van der Waals surface area contributed by atoms with Crippen LogP contribution in [0.3, 0.4) is 0 Å². The lowest BCUT2D eigenvalue weighted by atomic mass is 9.65. The molecule has 0 spiro atoms. The van der Waals surface area contributed by atoms with Gasteiger partial charge in [0.2, 0.25) is 0 Å². The number of likely N-dealkylation sites (tertiary alicyclic amines) is 1. The van der Waals surface area contributed by atoms with Crippen molar-refractivity contribution in [1.29, 1.82) is 0 Å². The number of carbonyl (C=O) groups is 2. The standard InChI is InChI=1S/C40H50N2O6/c1-26(46-27(2)44)37(45)41-21-29-8-6-9-31(16-29)32-10-7-11-33(17-32)38-47-35(18-36(48-38)30-14-12-28(23-43)13-15-30)22-42-25-40(5)20-34(42)19-39(3,4)24-40/h6-17,26,34-36,38,43H,18-25H2,1-5H3,(H,41,45). The van der Waals surface area contributed by atoms with Crippen LogP contribution in [0.15, 0.2) is 72.8 Å². The molecule has 6 atom stereocenters. The molecule has 8 heteroatoms. The van der Waals surface area contributed by atoms with E-state index in [2.05, 4.69) is 73.5 Å². The molecule has 6 rings (SSSR count). The van der Waals surface area contributed by atoms with Crippen molar-refractivity contribution in [2.45, 2.75) is 104 Å². The third kappa shape index (κ3) is 8.17. The summed E-state index contributed by atoms with van der Waals surface area (Å²) in [6, 6.07) is 25.0. The third-order valence-electron chi connectivity index (χ3n) is 10.2. The van der Waals surface area contributed by atoms with Crippen LogP contribution < -0.4 is 5.32 Å². The third-order valence-corrected chi connectivity index (χ3v) is 10.2. The first-order valence-electron chi connectivity index (χ1n) is 17.3. The number of carbonyl (C=O) groups excluding carboxylic acids is 2. The van der Waals surface area contributed by atoms with Crippen molar-refractivity contribution in [3.63, 3.8) is 0 Å². The zero-order valence-electron chi connectivity index (χ0n) is 28.9. The first-order valence-corrected chi connectivity index (χ1v) is 17.3. The Morgan fingerprint density at radius 3 is 2.42 bits per heavy atom. The van der Waals surface area contributed by atoms with Gasteiger partial charge in [0.15, 0.2) is 12.4 Å². The molecule has 0 aromatic heterocycles. The summed E-state index contributed by atoms with van der Waals surface area (Å²) in [4.78, 5) is 26.3. The van der Waals surface area contributed by atoms with Crippen LogP contribution in [-0.4, -0.2) is 53.2 Å². The number of aliphatic hydroxyl groups excluding tert-OH is 1. The minimum atomic E-state index is -0.849. The fourth-order valence-corrected chi connectivity index (χ4v) is 8.45. The minimum absolute atomic E-state index is 0.00213. The molecule has 3 aromatic carbocycles. The number of hydrogen-bond donors (Lipinski definition) is 2. The van der Waals surface area contributed by atoms with Gasteiger partial charge in [0.1, 0.15) is 0 Å². The molecule has 2 bridgehead atoms. The van der Waals surface area contributed by atoms with Crippen molar-refractivity contribution in [3.05, 3.63) is 95.1 Å². The maximum absolute atomic E-state index is 12.4. The summed E-state index contributed by atoms with van der Waals surface area (Å²) in [5.41, 5.74) is 6.61. The molecule has 256 valence electrons. The SMILES string of the molecule is CC(=O)OC(C)C(=O)NCc1cccc(-c2cccc(C3OC(CN4CC5(C)CC4CC(C)(C)C5)CC(c4ccc(CO)cc4)O3)c2)c1. The molecule has 1 amide bonds. The molecule has 48 heavy (non-hydrogen) atoms. The fourth-order valence-electron chi connectivity index (χ4n) is 8.45. The van der Waals surface area contributed by atoms with Crippen LogP contribution in [0.25, 0.3) is 11.1 Å². The lowest BCUT2D eigenvalue weighted by Crippen LogP contribution is -2.42. The van der Waals surface area contributed by atoms with Crippen molar-refractivity contribution in [2.24, 2.45) is 10.8 Å². The van der Waals surface area contributed by atoms with Crippen LogP contribution >= 0.6 is 0 Å². The summed E-state index contributed by atoms with van der Waals surface area (Å²) >= 11 is 0. The number of esters is 1. The van der Waals surface area contributed by atoms with Crippen molar-refractivity contribution in [2.75, 3.05) is 13.1 Å². The molecule has 8 nitrogen and oxygen atoms in total. The molecular weight excluding hydrogens is 604 g/mol. The van der Waals surface area contributed by atoms with Crippen molar-refractivity contribution in [3.8, 4) is 11.1 Å². The topological polar surface area (TPSA) is 97.3 Å². The van der Waals surface area contributed by atoms with Gasteiger partial charge in [0.05, 0.1) is 18.8 Å². The second kappa shape index (κ2) is 14.1. The highest BCUT2D eigenvalue weighted by molar-refractivity contribution is 5.82. The molecule has 1 aliphatic carbocycles. The molecule has 3 aliphatic rings. The smallest absolute Gasteiger partial charge is 0.303 e. The maximum Gasteiger partial charge on any atom is 0.303 e. The monoisotopic (exact) mass is 654 g/mol. The summed E-state index contributed by atoms with van der Waals surface area (Å²) in [6.45, 7) is 12.5. The quantitative estimate of drug-likeness (QED) is 0.231. The van der Waals surface area contributed by atoms with E-state index in [-0.39, 0.29) is 24.7 Å². The lowest BCUT2D eigenvalue weighted by Gasteiger charge is -2.41. The van der Waals surface area contributed by atoms with Gasteiger partial charge in [0.25, 0.3) is 5.91 Å². The van der Waals surface area contributed by atoms with Crippen molar-refractivity contribution in [1.82, 2.24) is 10.2 Å². The van der Waals surface area contributed by atoms with Gasteiger partial charge < -0.3 is 24.6 Å². The van der Waals surface area contributed by atoms with Crippen LogP contribution in [0.4, 0.5) is 0 Å². The van der Waals surface area contributed by atoms with Crippen LogP contribution in [0.5, 0.6) is 0 Å². The number of nitrogens with one attached hydrogen (secondary N) is 1. The van der Waals surface area contributed by atoms with Gasteiger partial charge in [-0.05, 0) is 77.0 Å². The molecule has 6 unspecified atom stereocenters. The molecule has 2 N–H and O–H groups in total. The number of benzene rings is 3. The number of hydrogen-bond acceptors (Lipinski definition) is 7.